The molecule has 1 saturated heterocycles. The van der Waals surface area contributed by atoms with E-state index >= 15 is 0 Å². The molecular weight excluding hydrogens is 154 g/mol. The van der Waals surface area contributed by atoms with E-state index < -0.39 is 5.97 Å². The lowest BCUT2D eigenvalue weighted by atomic mass is 9.94. The second-order valence-electron chi connectivity index (χ2n) is 2.97. The van der Waals surface area contributed by atoms with Gasteiger partial charge >= 0.3 is 5.97 Å². The van der Waals surface area contributed by atoms with Crippen LogP contribution in [0.5, 0.6) is 0 Å². The molecular formula is C9H19NO2. The van der Waals surface area contributed by atoms with E-state index in [9.17, 15) is 4.79 Å². The maximum atomic E-state index is 10.4. The molecule has 0 radical (unpaired) electrons. The summed E-state index contributed by atoms with van der Waals surface area (Å²) in [5, 5.41) is 11.5. The molecule has 1 aliphatic rings. The summed E-state index contributed by atoms with van der Waals surface area (Å²) in [7, 11) is 0. The summed E-state index contributed by atoms with van der Waals surface area (Å²) in [6.07, 6.45) is 1.87. The fraction of sp³-hybridized carbons (Fsp3) is 0.889. The van der Waals surface area contributed by atoms with Gasteiger partial charge in [0.25, 0.3) is 0 Å². The first-order valence-corrected chi connectivity index (χ1v) is 4.66. The third kappa shape index (κ3) is 3.72. The molecule has 2 unspecified atom stereocenters. The van der Waals surface area contributed by atoms with Crippen LogP contribution in [0.3, 0.4) is 0 Å². The van der Waals surface area contributed by atoms with E-state index in [2.05, 4.69) is 12.2 Å². The Bertz CT molecular complexity index is 136. The molecule has 0 aliphatic carbocycles. The number of carboxylic acids is 1. The standard InChI is InChI=1S/C7H13NO2.C2H6/c1-5-2-3-8-6(4-5)7(9)10;1-2/h5-6,8H,2-4H2,1H3,(H,9,10);1-2H3. The second-order valence-corrected chi connectivity index (χ2v) is 2.97. The van der Waals surface area contributed by atoms with Gasteiger partial charge in [0.2, 0.25) is 0 Å². The van der Waals surface area contributed by atoms with Crippen molar-refractivity contribution in [2.75, 3.05) is 6.54 Å². The molecule has 0 amide bonds. The van der Waals surface area contributed by atoms with Crippen molar-refractivity contribution in [1.29, 1.82) is 0 Å². The number of piperidine rings is 1. The van der Waals surface area contributed by atoms with Crippen LogP contribution < -0.4 is 5.32 Å². The highest BCUT2D eigenvalue weighted by Gasteiger charge is 2.23. The van der Waals surface area contributed by atoms with Crippen molar-refractivity contribution in [1.82, 2.24) is 5.32 Å². The lowest BCUT2D eigenvalue weighted by Crippen LogP contribution is -2.42. The molecule has 12 heavy (non-hydrogen) atoms. The van der Waals surface area contributed by atoms with Crippen LogP contribution in [0.4, 0.5) is 0 Å². The highest BCUT2D eigenvalue weighted by molar-refractivity contribution is 5.73. The zero-order valence-corrected chi connectivity index (χ0v) is 8.13. The quantitative estimate of drug-likeness (QED) is 0.631. The van der Waals surface area contributed by atoms with Crippen molar-refractivity contribution in [3.8, 4) is 0 Å². The van der Waals surface area contributed by atoms with Gasteiger partial charge < -0.3 is 10.4 Å². The van der Waals surface area contributed by atoms with Crippen LogP contribution in [0.1, 0.15) is 33.6 Å². The van der Waals surface area contributed by atoms with Gasteiger partial charge in [-0.25, -0.2) is 0 Å². The molecule has 2 atom stereocenters. The Labute approximate surface area is 74.2 Å². The number of aliphatic carboxylic acids is 1. The van der Waals surface area contributed by atoms with Crippen molar-refractivity contribution < 1.29 is 9.90 Å². The Kier molecular flexibility index (Phi) is 5.72. The van der Waals surface area contributed by atoms with Crippen molar-refractivity contribution in [3.63, 3.8) is 0 Å². The van der Waals surface area contributed by atoms with Crippen LogP contribution >= 0.6 is 0 Å². The molecule has 0 spiro atoms. The number of carbonyl (C=O) groups is 1. The Morgan fingerprint density at radius 2 is 2.08 bits per heavy atom. The van der Waals surface area contributed by atoms with Gasteiger partial charge in [-0.05, 0) is 25.3 Å². The number of carboxylic acid groups (broad SMARTS) is 1. The fourth-order valence-corrected chi connectivity index (χ4v) is 1.30. The summed E-state index contributed by atoms with van der Waals surface area (Å²) in [6.45, 7) is 6.94. The van der Waals surface area contributed by atoms with Gasteiger partial charge in [0, 0.05) is 0 Å². The molecule has 3 heteroatoms. The first kappa shape index (κ1) is 11.4. The molecule has 0 aromatic carbocycles. The average molecular weight is 173 g/mol. The summed E-state index contributed by atoms with van der Waals surface area (Å²) in [4.78, 5) is 10.4. The lowest BCUT2D eigenvalue weighted by molar-refractivity contribution is -0.140. The zero-order chi connectivity index (χ0) is 9.56. The smallest absolute Gasteiger partial charge is 0.320 e. The molecule has 72 valence electrons. The zero-order valence-electron chi connectivity index (χ0n) is 8.13. The van der Waals surface area contributed by atoms with Gasteiger partial charge in [0.05, 0.1) is 0 Å². The van der Waals surface area contributed by atoms with Crippen LogP contribution in [0, 0.1) is 5.92 Å². The molecule has 0 aromatic heterocycles. The highest BCUT2D eigenvalue weighted by Crippen LogP contribution is 2.14. The predicted molar refractivity (Wildman–Crippen MR) is 49.2 cm³/mol. The summed E-state index contributed by atoms with van der Waals surface area (Å²) in [5.41, 5.74) is 0. The van der Waals surface area contributed by atoms with Crippen LogP contribution in [0.2, 0.25) is 0 Å². The summed E-state index contributed by atoms with van der Waals surface area (Å²) >= 11 is 0. The molecule has 0 bridgehead atoms. The van der Waals surface area contributed by atoms with Gasteiger partial charge in [0.1, 0.15) is 6.04 Å². The topological polar surface area (TPSA) is 49.3 Å². The van der Waals surface area contributed by atoms with Crippen molar-refractivity contribution in [2.45, 2.75) is 39.7 Å². The average Bonchev–Trinajstić information content (AvgIpc) is 2.08. The van der Waals surface area contributed by atoms with E-state index in [1.54, 1.807) is 0 Å². The third-order valence-electron chi connectivity index (χ3n) is 1.96. The minimum Gasteiger partial charge on any atom is -0.480 e. The van der Waals surface area contributed by atoms with Gasteiger partial charge in [-0.1, -0.05) is 20.8 Å². The molecule has 1 heterocycles. The van der Waals surface area contributed by atoms with Gasteiger partial charge in [-0.2, -0.15) is 0 Å². The Hall–Kier alpha value is -0.570. The first-order valence-electron chi connectivity index (χ1n) is 4.66. The van der Waals surface area contributed by atoms with Crippen LogP contribution in [-0.2, 0) is 4.79 Å². The summed E-state index contributed by atoms with van der Waals surface area (Å²) < 4.78 is 0. The van der Waals surface area contributed by atoms with Crippen molar-refractivity contribution in [3.05, 3.63) is 0 Å². The van der Waals surface area contributed by atoms with E-state index in [1.807, 2.05) is 13.8 Å². The van der Waals surface area contributed by atoms with Gasteiger partial charge in [-0.15, -0.1) is 0 Å². The SMILES string of the molecule is CC.CC1CCNC(C(=O)O)C1. The molecule has 1 fully saturated rings. The van der Waals surface area contributed by atoms with Crippen molar-refractivity contribution in [2.24, 2.45) is 5.92 Å². The molecule has 0 aromatic rings. The van der Waals surface area contributed by atoms with Gasteiger partial charge in [-0.3, -0.25) is 4.79 Å². The lowest BCUT2D eigenvalue weighted by Gasteiger charge is -2.24. The van der Waals surface area contributed by atoms with Gasteiger partial charge in [0.15, 0.2) is 0 Å². The second kappa shape index (κ2) is 6.00. The molecule has 0 saturated carbocycles. The van der Waals surface area contributed by atoms with E-state index in [4.69, 9.17) is 5.11 Å². The fourth-order valence-electron chi connectivity index (χ4n) is 1.30. The minimum absolute atomic E-state index is 0.302. The molecule has 1 rings (SSSR count). The number of rotatable bonds is 1. The van der Waals surface area contributed by atoms with Crippen molar-refractivity contribution >= 4 is 5.97 Å². The van der Waals surface area contributed by atoms with E-state index in [0.29, 0.717) is 5.92 Å². The Balaban J connectivity index is 0.000000561. The summed E-state index contributed by atoms with van der Waals surface area (Å²) in [5.74, 6) is -0.158. The third-order valence-corrected chi connectivity index (χ3v) is 1.96. The normalized spacial score (nSPS) is 28.6. The maximum Gasteiger partial charge on any atom is 0.320 e. The van der Waals surface area contributed by atoms with Crippen LogP contribution in [0.15, 0.2) is 0 Å². The number of nitrogens with one attached hydrogen (secondary N) is 1. The Morgan fingerprint density at radius 3 is 2.42 bits per heavy atom. The predicted octanol–water partition coefficient (Wildman–Crippen LogP) is 1.49. The van der Waals surface area contributed by atoms with E-state index in [-0.39, 0.29) is 6.04 Å². The first-order chi connectivity index (χ1) is 5.70. The Morgan fingerprint density at radius 1 is 1.50 bits per heavy atom. The van der Waals surface area contributed by atoms with Crippen LogP contribution in [0.25, 0.3) is 0 Å². The maximum absolute atomic E-state index is 10.4. The van der Waals surface area contributed by atoms with E-state index in [0.717, 1.165) is 19.4 Å². The molecule has 3 nitrogen and oxygen atoms in total. The number of hydrogen-bond donors (Lipinski definition) is 2. The molecule has 1 aliphatic heterocycles. The highest BCUT2D eigenvalue weighted by atomic mass is 16.4. The van der Waals surface area contributed by atoms with E-state index in [1.165, 1.54) is 0 Å². The minimum atomic E-state index is -0.716. The summed E-state index contributed by atoms with van der Waals surface area (Å²) in [6, 6.07) is -0.302. The molecule has 2 N–H and O–H groups in total. The number of hydrogen-bond acceptors (Lipinski definition) is 2. The van der Waals surface area contributed by atoms with Crippen LogP contribution in [-0.4, -0.2) is 23.7 Å². The monoisotopic (exact) mass is 173 g/mol. The largest absolute Gasteiger partial charge is 0.480 e.